The van der Waals surface area contributed by atoms with Crippen molar-refractivity contribution in [3.8, 4) is 0 Å². The van der Waals surface area contributed by atoms with E-state index >= 15 is 0 Å². The fourth-order valence-electron chi connectivity index (χ4n) is 2.98. The number of aryl methyl sites for hydroxylation is 1. The molecule has 0 saturated carbocycles. The summed E-state index contributed by atoms with van der Waals surface area (Å²) in [6.07, 6.45) is 0.00351. The lowest BCUT2D eigenvalue weighted by atomic mass is 9.90. The third kappa shape index (κ3) is 3.06. The molecule has 1 saturated heterocycles. The van der Waals surface area contributed by atoms with Crippen molar-refractivity contribution in [3.05, 3.63) is 35.1 Å². The van der Waals surface area contributed by atoms with E-state index in [2.05, 4.69) is 0 Å². The number of halogens is 1. The number of carboxylic acids is 1. The molecule has 21 heavy (non-hydrogen) atoms. The SMILES string of the molecule is Cc1cc(F)ccc1C1C(C(=O)O)CC(=O)N1CC(C)C. The van der Waals surface area contributed by atoms with Crippen molar-refractivity contribution in [3.63, 3.8) is 0 Å². The van der Waals surface area contributed by atoms with Crippen molar-refractivity contribution in [2.45, 2.75) is 33.2 Å². The molecule has 1 aliphatic rings. The van der Waals surface area contributed by atoms with Gasteiger partial charge in [-0.15, -0.1) is 0 Å². The van der Waals surface area contributed by atoms with E-state index in [0.29, 0.717) is 12.1 Å². The van der Waals surface area contributed by atoms with Gasteiger partial charge in [-0.1, -0.05) is 19.9 Å². The molecule has 2 unspecified atom stereocenters. The van der Waals surface area contributed by atoms with Gasteiger partial charge >= 0.3 is 5.97 Å². The van der Waals surface area contributed by atoms with Crippen LogP contribution in [0.3, 0.4) is 0 Å². The van der Waals surface area contributed by atoms with Gasteiger partial charge in [0.1, 0.15) is 5.82 Å². The highest BCUT2D eigenvalue weighted by molar-refractivity contribution is 5.87. The van der Waals surface area contributed by atoms with Gasteiger partial charge in [-0.25, -0.2) is 4.39 Å². The van der Waals surface area contributed by atoms with E-state index in [4.69, 9.17) is 0 Å². The second-order valence-electron chi connectivity index (χ2n) is 6.03. The molecule has 2 rings (SSSR count). The minimum Gasteiger partial charge on any atom is -0.481 e. The number of aliphatic carboxylic acids is 1. The van der Waals surface area contributed by atoms with E-state index in [0.717, 1.165) is 5.56 Å². The first-order valence-corrected chi connectivity index (χ1v) is 7.09. The molecule has 1 amide bonds. The molecule has 4 nitrogen and oxygen atoms in total. The average molecular weight is 293 g/mol. The summed E-state index contributed by atoms with van der Waals surface area (Å²) in [6.45, 7) is 6.21. The minimum absolute atomic E-state index is 0.00351. The van der Waals surface area contributed by atoms with Gasteiger partial charge in [0.15, 0.2) is 0 Å². The van der Waals surface area contributed by atoms with E-state index in [1.165, 1.54) is 12.1 Å². The number of benzene rings is 1. The first-order chi connectivity index (χ1) is 9.81. The molecule has 1 aromatic carbocycles. The van der Waals surface area contributed by atoms with Gasteiger partial charge in [0, 0.05) is 13.0 Å². The Kier molecular flexibility index (Phi) is 4.30. The fourth-order valence-corrected chi connectivity index (χ4v) is 2.98. The quantitative estimate of drug-likeness (QED) is 0.928. The van der Waals surface area contributed by atoms with Crippen LogP contribution < -0.4 is 0 Å². The van der Waals surface area contributed by atoms with E-state index < -0.39 is 17.9 Å². The zero-order valence-corrected chi connectivity index (χ0v) is 12.5. The van der Waals surface area contributed by atoms with Crippen LogP contribution in [0.5, 0.6) is 0 Å². The first kappa shape index (κ1) is 15.5. The molecule has 1 N–H and O–H groups in total. The van der Waals surface area contributed by atoms with E-state index in [9.17, 15) is 19.1 Å². The van der Waals surface area contributed by atoms with Gasteiger partial charge in [-0.2, -0.15) is 0 Å². The lowest BCUT2D eigenvalue weighted by Gasteiger charge is -2.29. The van der Waals surface area contributed by atoms with Gasteiger partial charge in [0.05, 0.1) is 12.0 Å². The molecular formula is C16H20FNO3. The highest BCUT2D eigenvalue weighted by atomic mass is 19.1. The zero-order chi connectivity index (χ0) is 15.7. The summed E-state index contributed by atoms with van der Waals surface area (Å²) < 4.78 is 13.3. The number of hydrogen-bond donors (Lipinski definition) is 1. The van der Waals surface area contributed by atoms with Crippen LogP contribution in [0.15, 0.2) is 18.2 Å². The first-order valence-electron chi connectivity index (χ1n) is 7.09. The smallest absolute Gasteiger partial charge is 0.309 e. The Bertz CT molecular complexity index is 571. The van der Waals surface area contributed by atoms with Gasteiger partial charge < -0.3 is 10.0 Å². The topological polar surface area (TPSA) is 57.6 Å². The van der Waals surface area contributed by atoms with Crippen LogP contribution in [-0.4, -0.2) is 28.4 Å². The molecule has 0 spiro atoms. The molecule has 0 radical (unpaired) electrons. The summed E-state index contributed by atoms with van der Waals surface area (Å²) in [5, 5.41) is 9.41. The second-order valence-corrected chi connectivity index (χ2v) is 6.03. The predicted molar refractivity (Wildman–Crippen MR) is 76.2 cm³/mol. The van der Waals surface area contributed by atoms with Crippen molar-refractivity contribution in [1.29, 1.82) is 0 Å². The minimum atomic E-state index is -0.983. The molecule has 2 atom stereocenters. The molecule has 1 heterocycles. The Morgan fingerprint density at radius 1 is 1.48 bits per heavy atom. The normalized spacial score (nSPS) is 22.1. The third-order valence-corrected chi connectivity index (χ3v) is 3.86. The summed E-state index contributed by atoms with van der Waals surface area (Å²) in [7, 11) is 0. The van der Waals surface area contributed by atoms with Crippen molar-refractivity contribution in [2.24, 2.45) is 11.8 Å². The highest BCUT2D eigenvalue weighted by Gasteiger charge is 2.45. The third-order valence-electron chi connectivity index (χ3n) is 3.86. The molecule has 0 aromatic heterocycles. The second kappa shape index (κ2) is 5.84. The van der Waals surface area contributed by atoms with Crippen LogP contribution >= 0.6 is 0 Å². The van der Waals surface area contributed by atoms with Gasteiger partial charge in [-0.3, -0.25) is 9.59 Å². The monoisotopic (exact) mass is 293 g/mol. The van der Waals surface area contributed by atoms with Crippen LogP contribution in [0.25, 0.3) is 0 Å². The Morgan fingerprint density at radius 3 is 2.67 bits per heavy atom. The van der Waals surface area contributed by atoms with Gasteiger partial charge in [0.25, 0.3) is 0 Å². The molecule has 1 fully saturated rings. The predicted octanol–water partition coefficient (Wildman–Crippen LogP) is 2.76. The van der Waals surface area contributed by atoms with Gasteiger partial charge in [-0.05, 0) is 36.1 Å². The fraction of sp³-hybridized carbons (Fsp3) is 0.500. The number of nitrogens with zero attached hydrogens (tertiary/aromatic N) is 1. The number of carbonyl (C=O) groups excluding carboxylic acids is 1. The molecule has 0 aliphatic carbocycles. The van der Waals surface area contributed by atoms with E-state index in [1.807, 2.05) is 13.8 Å². The van der Waals surface area contributed by atoms with Crippen molar-refractivity contribution < 1.29 is 19.1 Å². The summed E-state index contributed by atoms with van der Waals surface area (Å²) >= 11 is 0. The van der Waals surface area contributed by atoms with Crippen molar-refractivity contribution >= 4 is 11.9 Å². The number of carboxylic acid groups (broad SMARTS) is 1. The van der Waals surface area contributed by atoms with Gasteiger partial charge in [0.2, 0.25) is 5.91 Å². The lowest BCUT2D eigenvalue weighted by Crippen LogP contribution is -2.34. The van der Waals surface area contributed by atoms with E-state index in [-0.39, 0.29) is 24.1 Å². The van der Waals surface area contributed by atoms with Crippen molar-refractivity contribution in [1.82, 2.24) is 4.90 Å². The number of rotatable bonds is 4. The summed E-state index contributed by atoms with van der Waals surface area (Å²) in [6, 6.07) is 3.78. The number of carbonyl (C=O) groups is 2. The summed E-state index contributed by atoms with van der Waals surface area (Å²) in [4.78, 5) is 25.3. The number of likely N-dealkylation sites (tertiary alicyclic amines) is 1. The average Bonchev–Trinajstić information content (AvgIpc) is 2.67. The lowest BCUT2D eigenvalue weighted by molar-refractivity contribution is -0.142. The summed E-state index contributed by atoms with van der Waals surface area (Å²) in [5.41, 5.74) is 1.39. The van der Waals surface area contributed by atoms with E-state index in [1.54, 1.807) is 17.9 Å². The highest BCUT2D eigenvalue weighted by Crippen LogP contribution is 2.40. The molecule has 1 aromatic rings. The largest absolute Gasteiger partial charge is 0.481 e. The summed E-state index contributed by atoms with van der Waals surface area (Å²) in [5.74, 6) is -2.03. The molecule has 5 heteroatoms. The van der Waals surface area contributed by atoms with Crippen LogP contribution in [-0.2, 0) is 9.59 Å². The Hall–Kier alpha value is -1.91. The molecule has 0 bridgehead atoms. The zero-order valence-electron chi connectivity index (χ0n) is 12.5. The van der Waals surface area contributed by atoms with Crippen LogP contribution in [0, 0.1) is 24.6 Å². The number of hydrogen-bond acceptors (Lipinski definition) is 2. The maximum absolute atomic E-state index is 13.3. The Morgan fingerprint density at radius 2 is 2.14 bits per heavy atom. The Labute approximate surface area is 123 Å². The molecule has 114 valence electrons. The Balaban J connectivity index is 2.46. The van der Waals surface area contributed by atoms with Crippen LogP contribution in [0.4, 0.5) is 4.39 Å². The molecular weight excluding hydrogens is 273 g/mol. The van der Waals surface area contributed by atoms with Crippen LogP contribution in [0.1, 0.15) is 37.4 Å². The van der Waals surface area contributed by atoms with Crippen molar-refractivity contribution in [2.75, 3.05) is 6.54 Å². The maximum Gasteiger partial charge on any atom is 0.309 e. The van der Waals surface area contributed by atoms with Crippen LogP contribution in [0.2, 0.25) is 0 Å². The molecule has 1 aliphatic heterocycles. The standard InChI is InChI=1S/C16H20FNO3/c1-9(2)8-18-14(19)7-13(16(20)21)15(18)12-5-4-11(17)6-10(12)3/h4-6,9,13,15H,7-8H2,1-3H3,(H,20,21). The maximum atomic E-state index is 13.3. The number of amides is 1.